The monoisotopic (exact) mass is 247 g/mol. The summed E-state index contributed by atoms with van der Waals surface area (Å²) in [6.45, 7) is 4.01. The van der Waals surface area contributed by atoms with Crippen LogP contribution in [0.15, 0.2) is 0 Å². The summed E-state index contributed by atoms with van der Waals surface area (Å²) in [6.07, 6.45) is 4.39. The minimum Gasteiger partial charge on any atom is -0.317 e. The predicted molar refractivity (Wildman–Crippen MR) is 68.3 cm³/mol. The number of sulfone groups is 1. The lowest BCUT2D eigenvalue weighted by Gasteiger charge is -2.20. The lowest BCUT2D eigenvalue weighted by atomic mass is 9.92. The van der Waals surface area contributed by atoms with Crippen LogP contribution in [0.2, 0.25) is 0 Å². The third-order valence-corrected chi connectivity index (χ3v) is 5.86. The molecule has 0 aromatic carbocycles. The van der Waals surface area contributed by atoms with E-state index < -0.39 is 9.84 Å². The van der Waals surface area contributed by atoms with Crippen LogP contribution >= 0.6 is 0 Å². The highest BCUT2D eigenvalue weighted by Crippen LogP contribution is 2.34. The predicted octanol–water partition coefficient (Wildman–Crippen LogP) is 1.84. The molecule has 0 aromatic rings. The zero-order valence-electron chi connectivity index (χ0n) is 10.7. The van der Waals surface area contributed by atoms with Crippen LogP contribution in [-0.2, 0) is 9.84 Å². The Morgan fingerprint density at radius 1 is 1.31 bits per heavy atom. The molecule has 0 heterocycles. The summed E-state index contributed by atoms with van der Waals surface area (Å²) in [5.74, 6) is 2.06. The van der Waals surface area contributed by atoms with Crippen molar-refractivity contribution >= 4 is 9.84 Å². The van der Waals surface area contributed by atoms with Gasteiger partial charge in [0.25, 0.3) is 0 Å². The van der Waals surface area contributed by atoms with E-state index in [-0.39, 0.29) is 5.75 Å². The van der Waals surface area contributed by atoms with Gasteiger partial charge in [0, 0.05) is 11.8 Å². The fraction of sp³-hybridized carbons (Fsp3) is 1.00. The molecular formula is C12H25NO2S. The largest absolute Gasteiger partial charge is 0.317 e. The Bertz CT molecular complexity index is 300. The SMILES string of the molecule is CCS(=O)(=O)CCCC1CCC(NC)C1C. The molecule has 1 fully saturated rings. The quantitative estimate of drug-likeness (QED) is 0.779. The molecule has 0 radical (unpaired) electrons. The molecule has 0 aliphatic heterocycles. The van der Waals surface area contributed by atoms with Crippen LogP contribution in [0.1, 0.15) is 39.5 Å². The zero-order valence-corrected chi connectivity index (χ0v) is 11.5. The zero-order chi connectivity index (χ0) is 12.2. The van der Waals surface area contributed by atoms with E-state index in [0.29, 0.717) is 23.6 Å². The Balaban J connectivity index is 2.29. The van der Waals surface area contributed by atoms with Crippen molar-refractivity contribution < 1.29 is 8.42 Å². The highest BCUT2D eigenvalue weighted by molar-refractivity contribution is 7.91. The van der Waals surface area contributed by atoms with E-state index in [2.05, 4.69) is 12.2 Å². The molecule has 1 aliphatic carbocycles. The van der Waals surface area contributed by atoms with Crippen LogP contribution in [0.5, 0.6) is 0 Å². The second kappa shape index (κ2) is 6.01. The molecular weight excluding hydrogens is 222 g/mol. The second-order valence-electron chi connectivity index (χ2n) is 4.97. The van der Waals surface area contributed by atoms with Crippen LogP contribution in [0.3, 0.4) is 0 Å². The molecule has 16 heavy (non-hydrogen) atoms. The number of hydrogen-bond acceptors (Lipinski definition) is 3. The van der Waals surface area contributed by atoms with E-state index in [1.54, 1.807) is 6.92 Å². The standard InChI is InChI=1S/C12H25NO2S/c1-4-16(14,15)9-5-6-11-7-8-12(13-3)10(11)2/h10-13H,4-9H2,1-3H3. The van der Waals surface area contributed by atoms with Crippen molar-refractivity contribution in [1.29, 1.82) is 0 Å². The molecule has 1 N–H and O–H groups in total. The Hall–Kier alpha value is -0.0900. The first-order valence-electron chi connectivity index (χ1n) is 6.38. The molecule has 0 amide bonds. The highest BCUT2D eigenvalue weighted by Gasteiger charge is 2.31. The van der Waals surface area contributed by atoms with Crippen molar-refractivity contribution in [3.63, 3.8) is 0 Å². The van der Waals surface area contributed by atoms with Gasteiger partial charge in [-0.15, -0.1) is 0 Å². The number of rotatable bonds is 6. The second-order valence-corrected chi connectivity index (χ2v) is 7.44. The van der Waals surface area contributed by atoms with Gasteiger partial charge in [-0.2, -0.15) is 0 Å². The molecule has 0 saturated heterocycles. The lowest BCUT2D eigenvalue weighted by Crippen LogP contribution is -2.29. The summed E-state index contributed by atoms with van der Waals surface area (Å²) in [5.41, 5.74) is 0. The molecule has 0 bridgehead atoms. The van der Waals surface area contributed by atoms with Gasteiger partial charge in [0.15, 0.2) is 0 Å². The Morgan fingerprint density at radius 2 is 2.00 bits per heavy atom. The van der Waals surface area contributed by atoms with Crippen molar-refractivity contribution in [2.24, 2.45) is 11.8 Å². The summed E-state index contributed by atoms with van der Waals surface area (Å²) < 4.78 is 22.7. The van der Waals surface area contributed by atoms with Gasteiger partial charge in [0.2, 0.25) is 0 Å². The first kappa shape index (κ1) is 14.0. The molecule has 1 saturated carbocycles. The summed E-state index contributed by atoms with van der Waals surface area (Å²) in [4.78, 5) is 0. The maximum Gasteiger partial charge on any atom is 0.150 e. The van der Waals surface area contributed by atoms with Gasteiger partial charge < -0.3 is 5.32 Å². The van der Waals surface area contributed by atoms with Crippen molar-refractivity contribution in [2.45, 2.75) is 45.6 Å². The molecule has 3 nitrogen and oxygen atoms in total. The summed E-state index contributed by atoms with van der Waals surface area (Å²) >= 11 is 0. The van der Waals surface area contributed by atoms with E-state index in [9.17, 15) is 8.42 Å². The van der Waals surface area contributed by atoms with E-state index in [4.69, 9.17) is 0 Å². The minimum atomic E-state index is -2.76. The smallest absolute Gasteiger partial charge is 0.150 e. The molecule has 3 atom stereocenters. The maximum atomic E-state index is 11.4. The van der Waals surface area contributed by atoms with Crippen molar-refractivity contribution in [2.75, 3.05) is 18.6 Å². The van der Waals surface area contributed by atoms with Crippen LogP contribution in [-0.4, -0.2) is 33.0 Å². The van der Waals surface area contributed by atoms with Gasteiger partial charge in [0.05, 0.1) is 5.75 Å². The third kappa shape index (κ3) is 3.74. The van der Waals surface area contributed by atoms with E-state index >= 15 is 0 Å². The summed E-state index contributed by atoms with van der Waals surface area (Å²) in [6, 6.07) is 0.632. The topological polar surface area (TPSA) is 46.2 Å². The van der Waals surface area contributed by atoms with Crippen LogP contribution in [0, 0.1) is 11.8 Å². The normalized spacial score (nSPS) is 30.8. The van der Waals surface area contributed by atoms with Gasteiger partial charge in [-0.05, 0) is 44.6 Å². The Labute approximate surface area is 99.9 Å². The van der Waals surface area contributed by atoms with Crippen molar-refractivity contribution in [3.8, 4) is 0 Å². The molecule has 0 aromatic heterocycles. The molecule has 96 valence electrons. The molecule has 1 aliphatic rings. The van der Waals surface area contributed by atoms with Gasteiger partial charge in [-0.1, -0.05) is 13.8 Å². The van der Waals surface area contributed by atoms with Gasteiger partial charge >= 0.3 is 0 Å². The minimum absolute atomic E-state index is 0.284. The Kier molecular flexibility index (Phi) is 5.25. The van der Waals surface area contributed by atoms with Crippen LogP contribution in [0.25, 0.3) is 0 Å². The lowest BCUT2D eigenvalue weighted by molar-refractivity contribution is 0.345. The van der Waals surface area contributed by atoms with Gasteiger partial charge in [-0.3, -0.25) is 0 Å². The van der Waals surface area contributed by atoms with Crippen LogP contribution < -0.4 is 5.32 Å². The number of nitrogens with one attached hydrogen (secondary N) is 1. The first-order valence-corrected chi connectivity index (χ1v) is 8.20. The van der Waals surface area contributed by atoms with Gasteiger partial charge in [-0.25, -0.2) is 8.42 Å². The average Bonchev–Trinajstić information content (AvgIpc) is 2.60. The fourth-order valence-corrected chi connectivity index (χ4v) is 3.67. The summed E-state index contributed by atoms with van der Waals surface area (Å²) in [5, 5.41) is 3.34. The average molecular weight is 247 g/mol. The molecule has 0 spiro atoms. The fourth-order valence-electron chi connectivity index (χ4n) is 2.77. The van der Waals surface area contributed by atoms with Crippen molar-refractivity contribution in [1.82, 2.24) is 5.32 Å². The van der Waals surface area contributed by atoms with Gasteiger partial charge in [0.1, 0.15) is 9.84 Å². The number of hydrogen-bond donors (Lipinski definition) is 1. The van der Waals surface area contributed by atoms with E-state index in [1.807, 2.05) is 7.05 Å². The highest BCUT2D eigenvalue weighted by atomic mass is 32.2. The maximum absolute atomic E-state index is 11.4. The van der Waals surface area contributed by atoms with E-state index in [1.165, 1.54) is 12.8 Å². The van der Waals surface area contributed by atoms with Crippen molar-refractivity contribution in [3.05, 3.63) is 0 Å². The van der Waals surface area contributed by atoms with Crippen LogP contribution in [0.4, 0.5) is 0 Å². The third-order valence-electron chi connectivity index (χ3n) is 4.07. The summed E-state index contributed by atoms with van der Waals surface area (Å²) in [7, 11) is -0.744. The molecule has 3 unspecified atom stereocenters. The van der Waals surface area contributed by atoms with E-state index in [0.717, 1.165) is 12.8 Å². The Morgan fingerprint density at radius 3 is 2.50 bits per heavy atom. The molecule has 1 rings (SSSR count). The molecule has 4 heteroatoms. The first-order chi connectivity index (χ1) is 7.50.